The number of carbonyl (C=O) groups is 3. The number of rotatable bonds is 21. The molecule has 0 aliphatic heterocycles. The second-order valence-corrected chi connectivity index (χ2v) is 29.5. The third kappa shape index (κ3) is 16.0. The molecule has 3 heterocycles. The minimum Gasteiger partial charge on any atom is -0.404 e. The number of hydrogen-bond acceptors (Lipinski definition) is 12. The van der Waals surface area contributed by atoms with E-state index in [4.69, 9.17) is 16.1 Å². The van der Waals surface area contributed by atoms with Crippen molar-refractivity contribution in [2.75, 3.05) is 12.5 Å². The number of sulfone groups is 1. The first kappa shape index (κ1) is 70.1. The molecule has 0 spiro atoms. The zero-order valence-electron chi connectivity index (χ0n) is 48.0. The second-order valence-electron chi connectivity index (χ2n) is 22.8. The van der Waals surface area contributed by atoms with Crippen LogP contribution in [-0.2, 0) is 94.6 Å². The number of pyridine rings is 1. The number of nitrogens with one attached hydrogen (secondary N) is 2. The molecule has 2 aliphatic rings. The van der Waals surface area contributed by atoms with Crippen molar-refractivity contribution in [3.05, 3.63) is 128 Å². The number of hydrogen-bond donors (Lipinski definition) is 7. The largest absolute Gasteiger partial charge is 0.524 e. The summed E-state index contributed by atoms with van der Waals surface area (Å²) in [5, 5.41) is 11.0. The Kier molecular flexibility index (Phi) is 19.2. The maximum atomic E-state index is 15.7. The van der Waals surface area contributed by atoms with E-state index in [0.29, 0.717) is 10.7 Å². The van der Waals surface area contributed by atoms with Crippen molar-refractivity contribution in [1.29, 1.82) is 0 Å². The Hall–Kier alpha value is -6.79. The summed E-state index contributed by atoms with van der Waals surface area (Å²) in [7, 11) is -14.3. The van der Waals surface area contributed by atoms with Gasteiger partial charge in [0.1, 0.15) is 52.9 Å². The maximum Gasteiger partial charge on any atom is 0.524 e. The molecule has 0 saturated heterocycles. The van der Waals surface area contributed by atoms with Crippen LogP contribution < -0.4 is 15.2 Å². The zero-order chi connectivity index (χ0) is 67.8. The molecule has 3 aromatic heterocycles. The van der Waals surface area contributed by atoms with Crippen LogP contribution in [0.1, 0.15) is 109 Å². The number of amides is 3. The van der Waals surface area contributed by atoms with Crippen LogP contribution in [0.3, 0.4) is 0 Å². The van der Waals surface area contributed by atoms with Crippen LogP contribution in [0.15, 0.2) is 54.6 Å². The molecule has 91 heavy (non-hydrogen) atoms. The van der Waals surface area contributed by atoms with Gasteiger partial charge in [0.15, 0.2) is 15.5 Å². The van der Waals surface area contributed by atoms with Gasteiger partial charge >= 0.3 is 27.8 Å². The second kappa shape index (κ2) is 24.9. The summed E-state index contributed by atoms with van der Waals surface area (Å²) >= 11 is 3.35. The van der Waals surface area contributed by atoms with Crippen LogP contribution in [0.4, 0.5) is 43.9 Å². The van der Waals surface area contributed by atoms with Gasteiger partial charge in [-0.2, -0.15) is 45.3 Å². The van der Waals surface area contributed by atoms with E-state index in [9.17, 15) is 95.4 Å². The summed E-state index contributed by atoms with van der Waals surface area (Å²) in [5.74, 6) is -8.33. The van der Waals surface area contributed by atoms with E-state index < -0.39 is 207 Å². The summed E-state index contributed by atoms with van der Waals surface area (Å²) in [6.45, 7) is 1.81. The lowest BCUT2D eigenvalue weighted by Crippen LogP contribution is -2.37. The van der Waals surface area contributed by atoms with Gasteiger partial charge in [0.25, 0.3) is 17.2 Å². The number of fused-ring (bicyclic) bond motifs is 4. The summed E-state index contributed by atoms with van der Waals surface area (Å²) in [6.07, 6.45) is -13.5. The van der Waals surface area contributed by atoms with Crippen molar-refractivity contribution in [2.45, 2.75) is 120 Å². The van der Waals surface area contributed by atoms with Crippen LogP contribution >= 0.6 is 27.0 Å². The van der Waals surface area contributed by atoms with E-state index in [1.54, 1.807) is 0 Å². The zero-order valence-corrected chi connectivity index (χ0v) is 52.2. The van der Waals surface area contributed by atoms with Gasteiger partial charge in [0.05, 0.1) is 40.9 Å². The number of aromatic nitrogens is 5. The Balaban J connectivity index is 1.28. The fourth-order valence-electron chi connectivity index (χ4n) is 10.7. The summed E-state index contributed by atoms with van der Waals surface area (Å²) in [6, 6.07) is 6.99. The van der Waals surface area contributed by atoms with Crippen molar-refractivity contribution in [3.8, 4) is 28.7 Å². The lowest BCUT2D eigenvalue weighted by Gasteiger charge is -2.31. The lowest BCUT2D eigenvalue weighted by atomic mass is 9.77. The van der Waals surface area contributed by atoms with E-state index >= 15 is 8.78 Å². The first-order chi connectivity index (χ1) is 41.6. The summed E-state index contributed by atoms with van der Waals surface area (Å²) in [4.78, 5) is 85.0. The van der Waals surface area contributed by atoms with Gasteiger partial charge in [-0.3, -0.25) is 42.7 Å². The highest BCUT2D eigenvalue weighted by Crippen LogP contribution is 2.68. The fraction of sp³-hybridized carbons (Fsp3) is 0.407. The smallest absolute Gasteiger partial charge is 0.404 e. The Morgan fingerprint density at radius 2 is 1.57 bits per heavy atom. The van der Waals surface area contributed by atoms with E-state index in [1.807, 2.05) is 5.32 Å². The third-order valence-electron chi connectivity index (χ3n) is 14.8. The molecule has 8 rings (SSSR count). The molecule has 0 radical (unpaired) electrons. The number of phosphoric ester groups is 1. The monoisotopic (exact) mass is 1390 g/mol. The SMILES string of the molecule is Cc1cc(CC(=O)NCP(=O)(O)O)c(C(C)(C)CC(=O)N(Cc2nn(CC(F)(F)F)c3c(-c4ccc(C#CC(C)(C)S(C)(=O)=O)nc4[C@H](Cc4cc(F)cc(F)c4)NC(=O)Cn4nc(C(F)(F)F)c5c4C(F)(F)[C@@H]4C[C@H]54)ccc(Cl)c23)S(=O)O)c(OP(=O)(O)O)c1. The van der Waals surface area contributed by atoms with E-state index in [-0.39, 0.29) is 54.5 Å². The van der Waals surface area contributed by atoms with Crippen LogP contribution in [0, 0.1) is 36.3 Å². The van der Waals surface area contributed by atoms with Crippen molar-refractivity contribution in [2.24, 2.45) is 5.92 Å². The highest BCUT2D eigenvalue weighted by molar-refractivity contribution is 7.92. The molecular weight excluding hydrogens is 1340 g/mol. The van der Waals surface area contributed by atoms with Gasteiger partial charge in [0.2, 0.25) is 17.7 Å². The molecule has 7 N–H and O–H groups in total. The summed E-state index contributed by atoms with van der Waals surface area (Å²) in [5.41, 5.74) is -8.82. The summed E-state index contributed by atoms with van der Waals surface area (Å²) < 4.78 is 226. The van der Waals surface area contributed by atoms with Crippen molar-refractivity contribution >= 4 is 76.7 Å². The Morgan fingerprint density at radius 1 is 0.934 bits per heavy atom. The first-order valence-corrected chi connectivity index (χ1v) is 33.2. The first-order valence-electron chi connectivity index (χ1n) is 26.6. The van der Waals surface area contributed by atoms with Crippen molar-refractivity contribution < 1.29 is 109 Å². The molecule has 6 aromatic rings. The normalized spacial score (nSPS) is 16.5. The molecular formula is C54H53ClF10N8O14P2S2. The average molecular weight is 1390 g/mol. The quantitative estimate of drug-likeness (QED) is 0.0153. The van der Waals surface area contributed by atoms with Crippen molar-refractivity contribution in [3.63, 3.8) is 0 Å². The predicted molar refractivity (Wildman–Crippen MR) is 304 cm³/mol. The molecule has 492 valence electrons. The molecule has 37 heteroatoms. The number of halogens is 11. The highest BCUT2D eigenvalue weighted by Gasteiger charge is 2.68. The molecule has 22 nitrogen and oxygen atoms in total. The Labute approximate surface area is 517 Å². The minimum absolute atomic E-state index is 0.129. The maximum absolute atomic E-state index is 15.7. The highest BCUT2D eigenvalue weighted by atomic mass is 35.5. The molecule has 4 atom stereocenters. The van der Waals surface area contributed by atoms with Crippen LogP contribution in [0.2, 0.25) is 5.02 Å². The minimum atomic E-state index is -5.48. The molecule has 0 bridgehead atoms. The molecule has 2 aliphatic carbocycles. The number of carbonyl (C=O) groups excluding carboxylic acids is 3. The standard InChI is InChI=1S/C54H53ClF10N8O14P2S2/c1-26-13-28(18-40(74)66-25-88(77,78)79)45(39(14-26)87-89(80,81)82)50(2,3)21-42(76)73(90(83)84)22-38-44-36(55)10-9-33(47(44)72(69-38)24-52(58,59)60)32-8-7-31(11-12-51(4,5)91(6,85)86)67-46(32)37(17-27-15-29(56)19-30(57)16-27)68-41(75)23-71-49-43(48(70-71)54(63,64)65)34-20-35(34)53(49,61)62/h7-10,13-16,19,34-35,37H,17-18,20-25H2,1-6H3,(H,66,74)(H,68,75)(H,83,84)(H2,77,78,79)(H2,80,81,82)/t34-,35+,37-/m0/s1. The van der Waals surface area contributed by atoms with Crippen molar-refractivity contribution in [1.82, 2.24) is 39.5 Å². The van der Waals surface area contributed by atoms with Gasteiger partial charge < -0.3 is 24.9 Å². The van der Waals surface area contributed by atoms with Gasteiger partial charge in [-0.25, -0.2) is 35.3 Å². The number of nitrogens with zero attached hydrogens (tertiary/aromatic N) is 6. The Bertz CT molecular complexity index is 4260. The fourth-order valence-corrected chi connectivity index (χ4v) is 12.5. The number of phosphoric acid groups is 1. The molecule has 1 fully saturated rings. The average Bonchev–Trinajstić information content (AvgIpc) is 1.52. The van der Waals surface area contributed by atoms with Crippen LogP contribution in [0.5, 0.6) is 5.75 Å². The predicted octanol–water partition coefficient (Wildman–Crippen LogP) is 8.70. The molecule has 1 saturated carbocycles. The topological polar surface area (TPSA) is 323 Å². The van der Waals surface area contributed by atoms with E-state index in [0.717, 1.165) is 48.7 Å². The van der Waals surface area contributed by atoms with Gasteiger partial charge in [-0.1, -0.05) is 43.5 Å². The van der Waals surface area contributed by atoms with E-state index in [1.165, 1.54) is 40.7 Å². The molecule has 3 aromatic carbocycles. The Morgan fingerprint density at radius 3 is 2.15 bits per heavy atom. The number of benzene rings is 3. The van der Waals surface area contributed by atoms with Gasteiger partial charge in [-0.15, -0.1) is 0 Å². The lowest BCUT2D eigenvalue weighted by molar-refractivity contribution is -0.143. The van der Waals surface area contributed by atoms with E-state index in [2.05, 4.69) is 32.3 Å². The number of aryl methyl sites for hydroxylation is 1. The van der Waals surface area contributed by atoms with Gasteiger partial charge in [-0.05, 0) is 98.5 Å². The van der Waals surface area contributed by atoms with Crippen LogP contribution in [-0.4, -0.2) is 107 Å². The van der Waals surface area contributed by atoms with Gasteiger partial charge in [0, 0.05) is 57.7 Å². The third-order valence-corrected chi connectivity index (χ3v) is 18.8. The van der Waals surface area contributed by atoms with Crippen LogP contribution in [0.25, 0.3) is 22.0 Å². The molecule has 3 amide bonds. The molecule has 1 unspecified atom stereocenters. The number of alkyl halides is 8.